The van der Waals surface area contributed by atoms with Gasteiger partial charge in [-0.05, 0) is 12.1 Å². The van der Waals surface area contributed by atoms with Gasteiger partial charge in [-0.3, -0.25) is 5.01 Å². The summed E-state index contributed by atoms with van der Waals surface area (Å²) in [5.74, 6) is 0. The predicted molar refractivity (Wildman–Crippen MR) is 70.6 cm³/mol. The van der Waals surface area contributed by atoms with Crippen LogP contribution in [0.3, 0.4) is 0 Å². The van der Waals surface area contributed by atoms with Gasteiger partial charge in [0.15, 0.2) is 6.29 Å². The smallest absolute Gasteiger partial charge is 0.170 e. The maximum Gasteiger partial charge on any atom is 0.170 e. The molecule has 18 heavy (non-hydrogen) atoms. The molecule has 1 aliphatic rings. The van der Waals surface area contributed by atoms with E-state index in [2.05, 4.69) is 11.6 Å². The Hall–Kier alpha value is -1.40. The summed E-state index contributed by atoms with van der Waals surface area (Å²) in [6.45, 7) is 1.47. The van der Waals surface area contributed by atoms with E-state index in [4.69, 9.17) is 9.47 Å². The Bertz CT molecular complexity index is 379. The Morgan fingerprint density at radius 2 is 1.94 bits per heavy atom. The van der Waals surface area contributed by atoms with E-state index in [0.29, 0.717) is 6.54 Å². The van der Waals surface area contributed by atoms with Crippen molar-refractivity contribution in [3.05, 3.63) is 42.6 Å². The molecule has 0 fully saturated rings. The average molecular weight is 249 g/mol. The number of para-hydroxylation sites is 1. The topological polar surface area (TPSA) is 37.0 Å². The van der Waals surface area contributed by atoms with Gasteiger partial charge in [0.25, 0.3) is 0 Å². The van der Waals surface area contributed by atoms with Crippen LogP contribution in [0.1, 0.15) is 0 Å². The van der Waals surface area contributed by atoms with Gasteiger partial charge in [-0.1, -0.05) is 24.3 Å². The first-order valence-corrected chi connectivity index (χ1v) is 5.91. The number of benzene rings is 1. The molecule has 1 N–H and O–H groups in total. The fourth-order valence-corrected chi connectivity index (χ4v) is 1.78. The van der Waals surface area contributed by atoms with Crippen molar-refractivity contribution < 1.29 is 9.47 Å². The third-order valence-electron chi connectivity index (χ3n) is 2.76. The third kappa shape index (κ3) is 3.30. The number of methoxy groups -OCH3 is 2. The van der Waals surface area contributed by atoms with E-state index in [9.17, 15) is 0 Å². The van der Waals surface area contributed by atoms with Crippen LogP contribution in [0, 0.1) is 0 Å². The van der Waals surface area contributed by atoms with Gasteiger partial charge < -0.3 is 9.47 Å². The van der Waals surface area contributed by atoms with Crippen molar-refractivity contribution in [2.75, 3.05) is 32.3 Å². The summed E-state index contributed by atoms with van der Waals surface area (Å²) in [5, 5.41) is 4.00. The molecule has 0 unspecified atom stereocenters. The molecule has 0 aromatic heterocycles. The highest BCUT2D eigenvalue weighted by atomic mass is 16.7. The quantitative estimate of drug-likeness (QED) is 0.797. The maximum absolute atomic E-state index is 5.20. The van der Waals surface area contributed by atoms with Gasteiger partial charge in [-0.25, -0.2) is 5.01 Å². The summed E-state index contributed by atoms with van der Waals surface area (Å²) in [6, 6.07) is 10.1. The number of nitrogens with zero attached hydrogens (tertiary/aromatic N) is 2. The summed E-state index contributed by atoms with van der Waals surface area (Å²) in [4.78, 5) is 0. The molecule has 2 rings (SSSR count). The molecule has 5 nitrogen and oxygen atoms in total. The molecule has 0 radical (unpaired) electrons. The third-order valence-corrected chi connectivity index (χ3v) is 2.76. The lowest BCUT2D eigenvalue weighted by Gasteiger charge is -2.34. The summed E-state index contributed by atoms with van der Waals surface area (Å²) in [7, 11) is 3.28. The highest BCUT2D eigenvalue weighted by Crippen LogP contribution is 2.13. The molecule has 1 aromatic rings. The Morgan fingerprint density at radius 3 is 2.61 bits per heavy atom. The minimum atomic E-state index is -0.235. The number of rotatable bonds is 5. The Kier molecular flexibility index (Phi) is 4.72. The van der Waals surface area contributed by atoms with Crippen molar-refractivity contribution in [1.82, 2.24) is 10.5 Å². The van der Waals surface area contributed by atoms with Gasteiger partial charge in [0.2, 0.25) is 0 Å². The molecule has 1 aliphatic heterocycles. The molecule has 5 heteroatoms. The number of nitrogens with one attached hydrogen (secondary N) is 1. The number of anilines is 1. The van der Waals surface area contributed by atoms with Crippen LogP contribution in [0.4, 0.5) is 5.69 Å². The second-order valence-corrected chi connectivity index (χ2v) is 4.00. The van der Waals surface area contributed by atoms with Crippen molar-refractivity contribution in [3.63, 3.8) is 0 Å². The minimum absolute atomic E-state index is 0.235. The Labute approximate surface area is 108 Å². The molecule has 1 heterocycles. The SMILES string of the molecule is COC(CN1CC=CN(c2ccccc2)N1)OC. The van der Waals surface area contributed by atoms with E-state index in [1.807, 2.05) is 46.5 Å². The zero-order valence-corrected chi connectivity index (χ0v) is 10.7. The number of hydrazine groups is 2. The summed E-state index contributed by atoms with van der Waals surface area (Å²) in [5.41, 5.74) is 4.38. The summed E-state index contributed by atoms with van der Waals surface area (Å²) >= 11 is 0. The highest BCUT2D eigenvalue weighted by molar-refractivity contribution is 5.47. The number of ether oxygens (including phenoxy) is 2. The van der Waals surface area contributed by atoms with Crippen molar-refractivity contribution in [2.45, 2.75) is 6.29 Å². The van der Waals surface area contributed by atoms with Crippen molar-refractivity contribution in [1.29, 1.82) is 0 Å². The van der Waals surface area contributed by atoms with Gasteiger partial charge in [0.05, 0.1) is 12.2 Å². The lowest BCUT2D eigenvalue weighted by Crippen LogP contribution is -2.53. The van der Waals surface area contributed by atoms with Gasteiger partial charge in [0.1, 0.15) is 0 Å². The molecule has 0 atom stereocenters. The van der Waals surface area contributed by atoms with Crippen LogP contribution in [0.2, 0.25) is 0 Å². The molecule has 0 amide bonds. The van der Waals surface area contributed by atoms with Gasteiger partial charge in [-0.15, -0.1) is 0 Å². The lowest BCUT2D eigenvalue weighted by atomic mass is 10.3. The molecule has 0 spiro atoms. The van der Waals surface area contributed by atoms with Crippen LogP contribution in [-0.2, 0) is 9.47 Å². The van der Waals surface area contributed by atoms with E-state index in [1.165, 1.54) is 0 Å². The standard InChI is InChI=1S/C13H19N3O2/c1-17-13(18-2)11-15-9-6-10-16(14-15)12-7-4-3-5-8-12/h3-8,10,13-14H,9,11H2,1-2H3. The molecule has 0 bridgehead atoms. The van der Waals surface area contributed by atoms with E-state index < -0.39 is 0 Å². The van der Waals surface area contributed by atoms with Gasteiger partial charge >= 0.3 is 0 Å². The van der Waals surface area contributed by atoms with Crippen LogP contribution < -0.4 is 10.5 Å². The molecule has 98 valence electrons. The van der Waals surface area contributed by atoms with Gasteiger partial charge in [-0.2, -0.15) is 5.53 Å². The van der Waals surface area contributed by atoms with Crippen LogP contribution >= 0.6 is 0 Å². The zero-order chi connectivity index (χ0) is 12.8. The first-order valence-electron chi connectivity index (χ1n) is 5.91. The monoisotopic (exact) mass is 249 g/mol. The second kappa shape index (κ2) is 6.51. The first-order chi connectivity index (χ1) is 8.83. The van der Waals surface area contributed by atoms with Gasteiger partial charge in [0, 0.05) is 27.0 Å². The van der Waals surface area contributed by atoms with Crippen molar-refractivity contribution >= 4 is 5.69 Å². The summed E-state index contributed by atoms with van der Waals surface area (Å²) in [6.07, 6.45) is 3.87. The van der Waals surface area contributed by atoms with Crippen LogP contribution in [0.15, 0.2) is 42.6 Å². The van der Waals surface area contributed by atoms with Crippen molar-refractivity contribution in [3.8, 4) is 0 Å². The zero-order valence-electron chi connectivity index (χ0n) is 10.7. The normalized spacial score (nSPS) is 16.5. The van der Waals surface area contributed by atoms with Crippen LogP contribution in [0.5, 0.6) is 0 Å². The fraction of sp³-hybridized carbons (Fsp3) is 0.385. The van der Waals surface area contributed by atoms with E-state index >= 15 is 0 Å². The van der Waals surface area contributed by atoms with E-state index in [0.717, 1.165) is 12.2 Å². The highest BCUT2D eigenvalue weighted by Gasteiger charge is 2.17. The predicted octanol–water partition coefficient (Wildman–Crippen LogP) is 1.36. The maximum atomic E-state index is 5.20. The fourth-order valence-electron chi connectivity index (χ4n) is 1.78. The molecular weight excluding hydrogens is 230 g/mol. The molecule has 1 aromatic carbocycles. The molecule has 0 saturated carbocycles. The lowest BCUT2D eigenvalue weighted by molar-refractivity contribution is -0.121. The first kappa shape index (κ1) is 13.0. The minimum Gasteiger partial charge on any atom is -0.354 e. The van der Waals surface area contributed by atoms with Crippen LogP contribution in [0.25, 0.3) is 0 Å². The largest absolute Gasteiger partial charge is 0.354 e. The summed E-state index contributed by atoms with van der Waals surface area (Å²) < 4.78 is 10.4. The van der Waals surface area contributed by atoms with Crippen LogP contribution in [-0.4, -0.2) is 38.6 Å². The molecule has 0 saturated heterocycles. The average Bonchev–Trinajstić information content (AvgIpc) is 2.46. The molecular formula is C13H19N3O2. The Balaban J connectivity index is 1.97. The van der Waals surface area contributed by atoms with E-state index in [1.54, 1.807) is 14.2 Å². The Morgan fingerprint density at radius 1 is 1.22 bits per heavy atom. The second-order valence-electron chi connectivity index (χ2n) is 4.00. The number of hydrogen-bond donors (Lipinski definition) is 1. The van der Waals surface area contributed by atoms with E-state index in [-0.39, 0.29) is 6.29 Å². The molecule has 0 aliphatic carbocycles. The number of hydrogen-bond acceptors (Lipinski definition) is 5. The van der Waals surface area contributed by atoms with Crippen molar-refractivity contribution in [2.24, 2.45) is 0 Å².